The van der Waals surface area contributed by atoms with Gasteiger partial charge in [-0.25, -0.2) is 28.1 Å². The maximum Gasteiger partial charge on any atom is 0.257 e. The van der Waals surface area contributed by atoms with E-state index in [-0.39, 0.29) is 13.1 Å². The Bertz CT molecular complexity index is 1320. The monoisotopic (exact) mass is 464 g/mol. The average molecular weight is 464 g/mol. The lowest BCUT2D eigenvalue weighted by molar-refractivity contribution is 0.0740. The van der Waals surface area contributed by atoms with Gasteiger partial charge in [0.05, 0.1) is 17.6 Å². The van der Waals surface area contributed by atoms with Crippen LogP contribution in [-0.2, 0) is 0 Å². The molecule has 1 aliphatic heterocycles. The van der Waals surface area contributed by atoms with Crippen LogP contribution >= 0.6 is 0 Å². The van der Waals surface area contributed by atoms with Crippen LogP contribution in [0.3, 0.4) is 0 Å². The summed E-state index contributed by atoms with van der Waals surface area (Å²) in [6, 6.07) is 10.7. The van der Waals surface area contributed by atoms with Gasteiger partial charge in [-0.15, -0.1) is 0 Å². The number of hydrogen-bond donors (Lipinski definition) is 0. The van der Waals surface area contributed by atoms with Crippen molar-refractivity contribution in [1.82, 2.24) is 24.4 Å². The van der Waals surface area contributed by atoms with Gasteiger partial charge in [-0.05, 0) is 24.3 Å². The third-order valence-electron chi connectivity index (χ3n) is 5.70. The lowest BCUT2D eigenvalue weighted by Gasteiger charge is -2.34. The van der Waals surface area contributed by atoms with Crippen LogP contribution < -0.4 is 4.90 Å². The Morgan fingerprint density at radius 1 is 0.853 bits per heavy atom. The van der Waals surface area contributed by atoms with Crippen LogP contribution in [0.4, 0.5) is 19.1 Å². The van der Waals surface area contributed by atoms with E-state index in [9.17, 15) is 18.0 Å². The molecule has 2 aromatic carbocycles. The molecule has 0 atom stereocenters. The second-order valence-electron chi connectivity index (χ2n) is 7.78. The molecule has 0 bridgehead atoms. The second kappa shape index (κ2) is 8.97. The van der Waals surface area contributed by atoms with Gasteiger partial charge in [-0.2, -0.15) is 0 Å². The molecule has 1 aliphatic rings. The molecule has 10 heteroatoms. The summed E-state index contributed by atoms with van der Waals surface area (Å²) in [6.07, 6.45) is 6.98. The molecule has 0 saturated carbocycles. The first kappa shape index (κ1) is 21.6. The van der Waals surface area contributed by atoms with Gasteiger partial charge >= 0.3 is 0 Å². The van der Waals surface area contributed by atoms with Gasteiger partial charge in [0.2, 0.25) is 5.95 Å². The smallest absolute Gasteiger partial charge is 0.257 e. The summed E-state index contributed by atoms with van der Waals surface area (Å²) >= 11 is 0. The van der Waals surface area contributed by atoms with E-state index in [1.54, 1.807) is 18.7 Å². The quantitative estimate of drug-likeness (QED) is 0.431. The van der Waals surface area contributed by atoms with Gasteiger partial charge in [0.1, 0.15) is 5.82 Å². The first-order chi connectivity index (χ1) is 16.5. The van der Waals surface area contributed by atoms with Crippen LogP contribution in [0.15, 0.2) is 67.4 Å². The van der Waals surface area contributed by atoms with Gasteiger partial charge in [0, 0.05) is 62.1 Å². The fraction of sp³-hybridized carbons (Fsp3) is 0.167. The highest BCUT2D eigenvalue weighted by atomic mass is 19.2. The molecular formula is C24H19F3N6O. The van der Waals surface area contributed by atoms with Crippen molar-refractivity contribution in [2.24, 2.45) is 0 Å². The topological polar surface area (TPSA) is 67.2 Å². The molecule has 3 heterocycles. The van der Waals surface area contributed by atoms with Gasteiger partial charge in [0.15, 0.2) is 11.6 Å². The predicted octanol–water partition coefficient (Wildman–Crippen LogP) is 3.71. The number of benzene rings is 2. The van der Waals surface area contributed by atoms with Crippen LogP contribution in [0.1, 0.15) is 10.4 Å². The summed E-state index contributed by atoms with van der Waals surface area (Å²) in [6.45, 7) is 1.37. The molecule has 1 saturated heterocycles. The van der Waals surface area contributed by atoms with E-state index in [1.807, 2.05) is 46.0 Å². The fourth-order valence-corrected chi connectivity index (χ4v) is 3.84. The number of hydrogen-bond acceptors (Lipinski definition) is 5. The number of anilines is 1. The van der Waals surface area contributed by atoms with E-state index < -0.39 is 28.9 Å². The summed E-state index contributed by atoms with van der Waals surface area (Å²) in [5, 5.41) is 0. The largest absolute Gasteiger partial charge is 0.337 e. The molecule has 34 heavy (non-hydrogen) atoms. The van der Waals surface area contributed by atoms with Crippen LogP contribution in [0, 0.1) is 17.5 Å². The minimum atomic E-state index is -1.33. The molecule has 7 nitrogen and oxygen atoms in total. The van der Waals surface area contributed by atoms with E-state index in [4.69, 9.17) is 0 Å². The van der Waals surface area contributed by atoms with E-state index in [2.05, 4.69) is 15.0 Å². The van der Waals surface area contributed by atoms with E-state index in [0.29, 0.717) is 31.2 Å². The highest BCUT2D eigenvalue weighted by Crippen LogP contribution is 2.22. The molecule has 0 aliphatic carbocycles. The lowest BCUT2D eigenvalue weighted by atomic mass is 10.1. The van der Waals surface area contributed by atoms with E-state index in [0.717, 1.165) is 16.9 Å². The molecule has 5 rings (SSSR count). The molecule has 0 unspecified atom stereocenters. The van der Waals surface area contributed by atoms with Crippen LogP contribution in [-0.4, -0.2) is 56.5 Å². The molecular weight excluding hydrogens is 445 g/mol. The summed E-state index contributed by atoms with van der Waals surface area (Å²) in [5.74, 6) is -3.83. The molecule has 4 aromatic rings. The zero-order valence-corrected chi connectivity index (χ0v) is 17.9. The zero-order chi connectivity index (χ0) is 23.7. The Hall–Kier alpha value is -4.21. The number of halogens is 3. The van der Waals surface area contributed by atoms with Crippen LogP contribution in [0.25, 0.3) is 16.9 Å². The number of amides is 1. The Morgan fingerprint density at radius 3 is 2.29 bits per heavy atom. The first-order valence-corrected chi connectivity index (χ1v) is 10.6. The maximum absolute atomic E-state index is 14.0. The highest BCUT2D eigenvalue weighted by molar-refractivity contribution is 5.94. The van der Waals surface area contributed by atoms with Crippen molar-refractivity contribution in [2.75, 3.05) is 31.1 Å². The number of imidazole rings is 1. The number of aromatic nitrogens is 4. The zero-order valence-electron chi connectivity index (χ0n) is 17.9. The fourth-order valence-electron chi connectivity index (χ4n) is 3.84. The van der Waals surface area contributed by atoms with Crippen molar-refractivity contribution < 1.29 is 18.0 Å². The third-order valence-corrected chi connectivity index (χ3v) is 5.70. The van der Waals surface area contributed by atoms with Crippen molar-refractivity contribution >= 4 is 11.9 Å². The number of carbonyl (C=O) groups is 1. The number of piperazine rings is 1. The van der Waals surface area contributed by atoms with Crippen molar-refractivity contribution in [3.05, 3.63) is 90.4 Å². The Labute approximate surface area is 193 Å². The van der Waals surface area contributed by atoms with Crippen molar-refractivity contribution in [3.8, 4) is 16.9 Å². The SMILES string of the molecule is O=C(c1cc(F)c(F)cc1F)N1CCN(c2nccc(-c3ccc(-n4ccnc4)cc3)n2)CC1. The van der Waals surface area contributed by atoms with Crippen LogP contribution in [0.2, 0.25) is 0 Å². The Morgan fingerprint density at radius 2 is 1.59 bits per heavy atom. The number of carbonyl (C=O) groups excluding carboxylic acids is 1. The van der Waals surface area contributed by atoms with Gasteiger partial charge in [0.25, 0.3) is 5.91 Å². The van der Waals surface area contributed by atoms with Crippen molar-refractivity contribution in [1.29, 1.82) is 0 Å². The van der Waals surface area contributed by atoms with Gasteiger partial charge in [-0.3, -0.25) is 4.79 Å². The lowest BCUT2D eigenvalue weighted by Crippen LogP contribution is -2.49. The Kier molecular flexibility index (Phi) is 5.70. The van der Waals surface area contributed by atoms with Crippen molar-refractivity contribution in [2.45, 2.75) is 0 Å². The van der Waals surface area contributed by atoms with Crippen LogP contribution in [0.5, 0.6) is 0 Å². The molecule has 0 N–H and O–H groups in total. The van der Waals surface area contributed by atoms with Gasteiger partial charge in [-0.1, -0.05) is 12.1 Å². The molecule has 172 valence electrons. The minimum absolute atomic E-state index is 0.268. The van der Waals surface area contributed by atoms with Gasteiger partial charge < -0.3 is 14.4 Å². The normalized spacial score (nSPS) is 13.9. The predicted molar refractivity (Wildman–Crippen MR) is 119 cm³/mol. The maximum atomic E-state index is 14.0. The number of rotatable bonds is 4. The van der Waals surface area contributed by atoms with E-state index >= 15 is 0 Å². The summed E-state index contributed by atoms with van der Waals surface area (Å²) in [4.78, 5) is 29.0. The van der Waals surface area contributed by atoms with E-state index in [1.165, 1.54) is 4.90 Å². The minimum Gasteiger partial charge on any atom is -0.337 e. The first-order valence-electron chi connectivity index (χ1n) is 10.6. The molecule has 2 aromatic heterocycles. The summed E-state index contributed by atoms with van der Waals surface area (Å²) in [5.41, 5.74) is 2.18. The third kappa shape index (κ3) is 4.21. The second-order valence-corrected chi connectivity index (χ2v) is 7.78. The molecule has 0 radical (unpaired) electrons. The molecule has 1 fully saturated rings. The molecule has 1 amide bonds. The number of nitrogens with zero attached hydrogens (tertiary/aromatic N) is 6. The highest BCUT2D eigenvalue weighted by Gasteiger charge is 2.26. The standard InChI is InChI=1S/C24H19F3N6O/c25-19-14-21(27)20(26)13-18(19)23(34)31-9-11-32(12-10-31)24-29-6-5-22(30-24)16-1-3-17(4-2-16)33-8-7-28-15-33/h1-8,13-15H,9-12H2. The molecule has 0 spiro atoms. The Balaban J connectivity index is 1.27. The summed E-state index contributed by atoms with van der Waals surface area (Å²) in [7, 11) is 0. The average Bonchev–Trinajstić information content (AvgIpc) is 3.41. The van der Waals surface area contributed by atoms with Crippen molar-refractivity contribution in [3.63, 3.8) is 0 Å². The summed E-state index contributed by atoms with van der Waals surface area (Å²) < 4.78 is 42.6.